The first-order valence-electron chi connectivity index (χ1n) is 5.34. The SMILES string of the molecule is CC(C)CCNC(=O)c1ccc(N)cc1F. The van der Waals surface area contributed by atoms with Gasteiger partial charge in [0.15, 0.2) is 0 Å². The fourth-order valence-corrected chi connectivity index (χ4v) is 1.29. The van der Waals surface area contributed by atoms with E-state index in [2.05, 4.69) is 19.2 Å². The normalized spacial score (nSPS) is 10.5. The van der Waals surface area contributed by atoms with Crippen molar-refractivity contribution in [1.82, 2.24) is 5.32 Å². The predicted molar refractivity (Wildman–Crippen MR) is 62.6 cm³/mol. The lowest BCUT2D eigenvalue weighted by atomic mass is 10.1. The first-order chi connectivity index (χ1) is 7.50. The molecule has 16 heavy (non-hydrogen) atoms. The lowest BCUT2D eigenvalue weighted by Gasteiger charge is -2.08. The van der Waals surface area contributed by atoms with Crippen molar-refractivity contribution in [3.8, 4) is 0 Å². The highest BCUT2D eigenvalue weighted by molar-refractivity contribution is 5.94. The highest BCUT2D eigenvalue weighted by Gasteiger charge is 2.10. The number of nitrogens with one attached hydrogen (secondary N) is 1. The van der Waals surface area contributed by atoms with E-state index < -0.39 is 11.7 Å². The van der Waals surface area contributed by atoms with Gasteiger partial charge in [-0.2, -0.15) is 0 Å². The molecule has 0 heterocycles. The van der Waals surface area contributed by atoms with Gasteiger partial charge in [-0.25, -0.2) is 4.39 Å². The first kappa shape index (κ1) is 12.5. The Morgan fingerprint density at radius 1 is 1.50 bits per heavy atom. The number of halogens is 1. The van der Waals surface area contributed by atoms with Gasteiger partial charge in [0.05, 0.1) is 5.56 Å². The van der Waals surface area contributed by atoms with Crippen molar-refractivity contribution in [3.63, 3.8) is 0 Å². The molecule has 1 aromatic carbocycles. The Balaban J connectivity index is 2.59. The maximum absolute atomic E-state index is 13.3. The molecule has 3 N–H and O–H groups in total. The molecule has 0 aliphatic carbocycles. The molecule has 0 unspecified atom stereocenters. The Kier molecular flexibility index (Phi) is 4.28. The standard InChI is InChI=1S/C12H17FN2O/c1-8(2)5-6-15-12(16)10-4-3-9(14)7-11(10)13/h3-4,7-8H,5-6,14H2,1-2H3,(H,15,16). The van der Waals surface area contributed by atoms with Crippen LogP contribution in [0.25, 0.3) is 0 Å². The summed E-state index contributed by atoms with van der Waals surface area (Å²) in [6.07, 6.45) is 0.877. The fourth-order valence-electron chi connectivity index (χ4n) is 1.29. The van der Waals surface area contributed by atoms with Crippen LogP contribution in [0, 0.1) is 11.7 Å². The van der Waals surface area contributed by atoms with Crippen molar-refractivity contribution < 1.29 is 9.18 Å². The van der Waals surface area contributed by atoms with Gasteiger partial charge in [-0.1, -0.05) is 13.8 Å². The van der Waals surface area contributed by atoms with Crippen LogP contribution in [-0.4, -0.2) is 12.5 Å². The molecular weight excluding hydrogens is 207 g/mol. The summed E-state index contributed by atoms with van der Waals surface area (Å²) in [5, 5.41) is 2.67. The van der Waals surface area contributed by atoms with E-state index in [4.69, 9.17) is 5.73 Å². The highest BCUT2D eigenvalue weighted by Crippen LogP contribution is 2.11. The Bertz CT molecular complexity index is 377. The molecule has 3 nitrogen and oxygen atoms in total. The number of benzene rings is 1. The molecule has 0 fully saturated rings. The number of carbonyl (C=O) groups excluding carboxylic acids is 1. The average Bonchev–Trinajstić information content (AvgIpc) is 2.16. The molecule has 4 heteroatoms. The maximum atomic E-state index is 13.3. The first-order valence-corrected chi connectivity index (χ1v) is 5.34. The molecule has 1 aromatic rings. The van der Waals surface area contributed by atoms with E-state index in [0.717, 1.165) is 12.5 Å². The average molecular weight is 224 g/mol. The molecule has 88 valence electrons. The molecule has 0 atom stereocenters. The number of nitrogen functional groups attached to an aromatic ring is 1. The minimum atomic E-state index is -0.581. The van der Waals surface area contributed by atoms with Gasteiger partial charge in [-0.05, 0) is 30.5 Å². The Labute approximate surface area is 94.8 Å². The molecule has 0 bridgehead atoms. The topological polar surface area (TPSA) is 55.1 Å². The molecule has 0 radical (unpaired) electrons. The zero-order valence-electron chi connectivity index (χ0n) is 9.59. The smallest absolute Gasteiger partial charge is 0.254 e. The highest BCUT2D eigenvalue weighted by atomic mass is 19.1. The largest absolute Gasteiger partial charge is 0.399 e. The summed E-state index contributed by atoms with van der Waals surface area (Å²) < 4.78 is 13.3. The molecule has 1 rings (SSSR count). The van der Waals surface area contributed by atoms with Crippen LogP contribution in [0.3, 0.4) is 0 Å². The molecule has 1 amide bonds. The van der Waals surface area contributed by atoms with Gasteiger partial charge in [0, 0.05) is 12.2 Å². The van der Waals surface area contributed by atoms with Gasteiger partial charge >= 0.3 is 0 Å². The second-order valence-electron chi connectivity index (χ2n) is 4.18. The summed E-state index contributed by atoms with van der Waals surface area (Å²) in [6.45, 7) is 4.69. The summed E-state index contributed by atoms with van der Waals surface area (Å²) >= 11 is 0. The van der Waals surface area contributed by atoms with Crippen LogP contribution in [0.15, 0.2) is 18.2 Å². The molecule has 0 aliphatic rings. The van der Waals surface area contributed by atoms with Gasteiger partial charge in [0.1, 0.15) is 5.82 Å². The molecular formula is C12H17FN2O. The lowest BCUT2D eigenvalue weighted by Crippen LogP contribution is -2.26. The van der Waals surface area contributed by atoms with E-state index >= 15 is 0 Å². The second kappa shape index (κ2) is 5.49. The van der Waals surface area contributed by atoms with Crippen molar-refractivity contribution in [3.05, 3.63) is 29.6 Å². The minimum absolute atomic E-state index is 0.0398. The number of rotatable bonds is 4. The van der Waals surface area contributed by atoms with E-state index in [1.165, 1.54) is 12.1 Å². The predicted octanol–water partition coefficient (Wildman–Crippen LogP) is 2.18. The van der Waals surface area contributed by atoms with Crippen LogP contribution in [-0.2, 0) is 0 Å². The van der Waals surface area contributed by atoms with E-state index in [9.17, 15) is 9.18 Å². The third-order valence-electron chi connectivity index (χ3n) is 2.25. The van der Waals surface area contributed by atoms with Gasteiger partial charge in [-0.3, -0.25) is 4.79 Å². The van der Waals surface area contributed by atoms with Crippen LogP contribution in [0.5, 0.6) is 0 Å². The summed E-state index contributed by atoms with van der Waals surface area (Å²) in [6, 6.07) is 4.06. The second-order valence-corrected chi connectivity index (χ2v) is 4.18. The van der Waals surface area contributed by atoms with Gasteiger partial charge < -0.3 is 11.1 Å². The molecule has 0 aromatic heterocycles. The van der Waals surface area contributed by atoms with E-state index in [-0.39, 0.29) is 5.56 Å². The number of nitrogens with two attached hydrogens (primary N) is 1. The maximum Gasteiger partial charge on any atom is 0.254 e. The Hall–Kier alpha value is -1.58. The van der Waals surface area contributed by atoms with E-state index in [0.29, 0.717) is 18.2 Å². The van der Waals surface area contributed by atoms with Crippen LogP contribution >= 0.6 is 0 Å². The third-order valence-corrected chi connectivity index (χ3v) is 2.25. The summed E-state index contributed by atoms with van der Waals surface area (Å²) in [7, 11) is 0. The van der Waals surface area contributed by atoms with Crippen LogP contribution in [0.2, 0.25) is 0 Å². The summed E-state index contributed by atoms with van der Waals surface area (Å²) in [5.74, 6) is -0.461. The van der Waals surface area contributed by atoms with Crippen LogP contribution in [0.4, 0.5) is 10.1 Å². The van der Waals surface area contributed by atoms with Crippen molar-refractivity contribution in [2.75, 3.05) is 12.3 Å². The molecule has 0 spiro atoms. The molecule has 0 aliphatic heterocycles. The molecule has 0 saturated carbocycles. The van der Waals surface area contributed by atoms with Gasteiger partial charge in [-0.15, -0.1) is 0 Å². The Morgan fingerprint density at radius 3 is 2.75 bits per heavy atom. The van der Waals surface area contributed by atoms with Crippen molar-refractivity contribution >= 4 is 11.6 Å². The third kappa shape index (κ3) is 3.53. The fraction of sp³-hybridized carbons (Fsp3) is 0.417. The quantitative estimate of drug-likeness (QED) is 0.770. The number of hydrogen-bond donors (Lipinski definition) is 2. The van der Waals surface area contributed by atoms with Crippen LogP contribution in [0.1, 0.15) is 30.6 Å². The van der Waals surface area contributed by atoms with Gasteiger partial charge in [0.25, 0.3) is 5.91 Å². The number of anilines is 1. The summed E-state index contributed by atoms with van der Waals surface area (Å²) in [4.78, 5) is 11.6. The Morgan fingerprint density at radius 2 is 2.19 bits per heavy atom. The van der Waals surface area contributed by atoms with Crippen LogP contribution < -0.4 is 11.1 Å². The van der Waals surface area contributed by atoms with Crippen molar-refractivity contribution in [1.29, 1.82) is 0 Å². The monoisotopic (exact) mass is 224 g/mol. The zero-order chi connectivity index (χ0) is 12.1. The number of hydrogen-bond acceptors (Lipinski definition) is 2. The zero-order valence-corrected chi connectivity index (χ0v) is 9.59. The minimum Gasteiger partial charge on any atom is -0.399 e. The van der Waals surface area contributed by atoms with E-state index in [1.807, 2.05) is 0 Å². The van der Waals surface area contributed by atoms with Gasteiger partial charge in [0.2, 0.25) is 0 Å². The summed E-state index contributed by atoms with van der Waals surface area (Å²) in [5.41, 5.74) is 5.75. The lowest BCUT2D eigenvalue weighted by molar-refractivity contribution is 0.0948. The molecule has 0 saturated heterocycles. The van der Waals surface area contributed by atoms with Crippen molar-refractivity contribution in [2.24, 2.45) is 5.92 Å². The van der Waals surface area contributed by atoms with E-state index in [1.54, 1.807) is 0 Å². The number of amides is 1. The van der Waals surface area contributed by atoms with Crippen molar-refractivity contribution in [2.45, 2.75) is 20.3 Å². The number of carbonyl (C=O) groups is 1.